The van der Waals surface area contributed by atoms with E-state index in [1.807, 2.05) is 18.2 Å². The standard InChI is InChI=1S/C17H26O2S/c1-11(20)15(18)19-14-12(16(2,3)4)9-8-10-13(14)17(5,6)7/h8-11,20H,1-7H3. The van der Waals surface area contributed by atoms with E-state index in [9.17, 15) is 4.79 Å². The van der Waals surface area contributed by atoms with Crippen molar-refractivity contribution in [2.45, 2.75) is 64.5 Å². The van der Waals surface area contributed by atoms with Gasteiger partial charge in [0.1, 0.15) is 5.75 Å². The Hall–Kier alpha value is -0.960. The predicted molar refractivity (Wildman–Crippen MR) is 87.9 cm³/mol. The van der Waals surface area contributed by atoms with Crippen molar-refractivity contribution in [3.63, 3.8) is 0 Å². The van der Waals surface area contributed by atoms with Crippen LogP contribution in [0.15, 0.2) is 18.2 Å². The van der Waals surface area contributed by atoms with Crippen molar-refractivity contribution in [3.05, 3.63) is 29.3 Å². The Bertz CT molecular complexity index is 458. The minimum atomic E-state index is -0.434. The molecule has 0 radical (unpaired) electrons. The van der Waals surface area contributed by atoms with Gasteiger partial charge in [-0.1, -0.05) is 59.7 Å². The van der Waals surface area contributed by atoms with Crippen LogP contribution in [0.2, 0.25) is 0 Å². The van der Waals surface area contributed by atoms with Crippen molar-refractivity contribution >= 4 is 18.6 Å². The number of ether oxygens (including phenoxy) is 1. The molecule has 0 fully saturated rings. The molecule has 112 valence electrons. The van der Waals surface area contributed by atoms with E-state index in [2.05, 4.69) is 54.2 Å². The molecule has 0 bridgehead atoms. The minimum Gasteiger partial charge on any atom is -0.425 e. The number of benzene rings is 1. The molecule has 1 aromatic rings. The molecule has 0 N–H and O–H groups in total. The number of esters is 1. The Kier molecular flexibility index (Phi) is 4.96. The van der Waals surface area contributed by atoms with Gasteiger partial charge in [0, 0.05) is 11.1 Å². The lowest BCUT2D eigenvalue weighted by atomic mass is 9.79. The van der Waals surface area contributed by atoms with Crippen LogP contribution in [0.1, 0.15) is 59.6 Å². The van der Waals surface area contributed by atoms with E-state index in [4.69, 9.17) is 4.74 Å². The highest BCUT2D eigenvalue weighted by Crippen LogP contribution is 2.39. The number of carbonyl (C=O) groups is 1. The molecule has 0 saturated carbocycles. The molecule has 1 rings (SSSR count). The first kappa shape index (κ1) is 17.1. The first-order valence-electron chi connectivity index (χ1n) is 6.98. The zero-order chi connectivity index (χ0) is 15.7. The summed E-state index contributed by atoms with van der Waals surface area (Å²) in [5.41, 5.74) is 1.92. The highest BCUT2D eigenvalue weighted by molar-refractivity contribution is 7.81. The van der Waals surface area contributed by atoms with Crippen molar-refractivity contribution in [2.24, 2.45) is 0 Å². The van der Waals surface area contributed by atoms with Gasteiger partial charge in [-0.2, -0.15) is 12.6 Å². The van der Waals surface area contributed by atoms with E-state index in [1.165, 1.54) is 0 Å². The van der Waals surface area contributed by atoms with E-state index in [0.717, 1.165) is 11.1 Å². The Morgan fingerprint density at radius 1 is 1.05 bits per heavy atom. The monoisotopic (exact) mass is 294 g/mol. The maximum absolute atomic E-state index is 12.0. The summed E-state index contributed by atoms with van der Waals surface area (Å²) in [7, 11) is 0. The van der Waals surface area contributed by atoms with E-state index >= 15 is 0 Å². The van der Waals surface area contributed by atoms with Crippen LogP contribution in [0.5, 0.6) is 5.75 Å². The smallest absolute Gasteiger partial charge is 0.323 e. The molecule has 0 aliphatic rings. The highest BCUT2D eigenvalue weighted by Gasteiger charge is 2.28. The lowest BCUT2D eigenvalue weighted by Crippen LogP contribution is -2.24. The summed E-state index contributed by atoms with van der Waals surface area (Å²) < 4.78 is 5.68. The van der Waals surface area contributed by atoms with Crippen molar-refractivity contribution in [1.82, 2.24) is 0 Å². The number of thiol groups is 1. The molecule has 0 heterocycles. The molecular formula is C17H26O2S. The highest BCUT2D eigenvalue weighted by atomic mass is 32.1. The molecule has 1 atom stereocenters. The first-order chi connectivity index (χ1) is 8.94. The summed E-state index contributed by atoms with van der Waals surface area (Å²) in [5.74, 6) is 0.383. The normalized spacial score (nSPS) is 14.0. The molecule has 2 nitrogen and oxygen atoms in total. The second kappa shape index (κ2) is 5.80. The predicted octanol–water partition coefficient (Wildman–Crippen LogP) is 4.51. The third kappa shape index (κ3) is 4.02. The van der Waals surface area contributed by atoms with Gasteiger partial charge in [-0.15, -0.1) is 0 Å². The van der Waals surface area contributed by atoms with Crippen LogP contribution in [-0.4, -0.2) is 11.2 Å². The van der Waals surface area contributed by atoms with Gasteiger partial charge in [0.25, 0.3) is 0 Å². The van der Waals surface area contributed by atoms with Gasteiger partial charge in [0.05, 0.1) is 5.25 Å². The van der Waals surface area contributed by atoms with Gasteiger partial charge < -0.3 is 4.74 Å². The lowest BCUT2D eigenvalue weighted by molar-refractivity contribution is -0.133. The van der Waals surface area contributed by atoms with E-state index in [1.54, 1.807) is 6.92 Å². The molecule has 1 aromatic carbocycles. The van der Waals surface area contributed by atoms with Gasteiger partial charge >= 0.3 is 5.97 Å². The van der Waals surface area contributed by atoms with Gasteiger partial charge in [-0.25, -0.2) is 0 Å². The van der Waals surface area contributed by atoms with Crippen LogP contribution >= 0.6 is 12.6 Å². The Labute approximate surface area is 128 Å². The van der Waals surface area contributed by atoms with Crippen LogP contribution < -0.4 is 4.74 Å². The molecule has 20 heavy (non-hydrogen) atoms. The second-order valence-electron chi connectivity index (χ2n) is 7.28. The maximum atomic E-state index is 12.0. The lowest BCUT2D eigenvalue weighted by Gasteiger charge is -2.29. The van der Waals surface area contributed by atoms with Crippen LogP contribution in [-0.2, 0) is 15.6 Å². The summed E-state index contributed by atoms with van der Waals surface area (Å²) in [6.07, 6.45) is 0. The maximum Gasteiger partial charge on any atom is 0.323 e. The first-order valence-corrected chi connectivity index (χ1v) is 7.50. The van der Waals surface area contributed by atoms with Crippen molar-refractivity contribution in [2.75, 3.05) is 0 Å². The average Bonchev–Trinajstić information content (AvgIpc) is 2.25. The Morgan fingerprint density at radius 2 is 1.45 bits per heavy atom. The summed E-state index contributed by atoms with van der Waals surface area (Å²) in [5, 5.41) is -0.434. The topological polar surface area (TPSA) is 26.3 Å². The van der Waals surface area contributed by atoms with Crippen LogP contribution in [0, 0.1) is 0 Å². The molecule has 0 amide bonds. The minimum absolute atomic E-state index is 0.0866. The van der Waals surface area contributed by atoms with Crippen molar-refractivity contribution in [1.29, 1.82) is 0 Å². The largest absolute Gasteiger partial charge is 0.425 e. The second-order valence-corrected chi connectivity index (χ2v) is 8.05. The number of hydrogen-bond acceptors (Lipinski definition) is 3. The SMILES string of the molecule is CC(S)C(=O)Oc1c(C(C)(C)C)cccc1C(C)(C)C. The Morgan fingerprint density at radius 3 is 1.75 bits per heavy atom. The zero-order valence-electron chi connectivity index (χ0n) is 13.6. The van der Waals surface area contributed by atoms with Crippen molar-refractivity contribution < 1.29 is 9.53 Å². The fraction of sp³-hybridized carbons (Fsp3) is 0.588. The summed E-state index contributed by atoms with van der Waals surface area (Å²) in [6.45, 7) is 14.5. The molecule has 3 heteroatoms. The fourth-order valence-electron chi connectivity index (χ4n) is 2.01. The summed E-state index contributed by atoms with van der Waals surface area (Å²) in [4.78, 5) is 12.0. The molecule has 0 aromatic heterocycles. The van der Waals surface area contributed by atoms with Gasteiger partial charge in [0.15, 0.2) is 0 Å². The summed E-state index contributed by atoms with van der Waals surface area (Å²) in [6, 6.07) is 6.09. The number of para-hydroxylation sites is 1. The molecule has 1 unspecified atom stereocenters. The van der Waals surface area contributed by atoms with Crippen molar-refractivity contribution in [3.8, 4) is 5.75 Å². The van der Waals surface area contributed by atoms with Gasteiger partial charge in [0.2, 0.25) is 0 Å². The zero-order valence-corrected chi connectivity index (χ0v) is 14.5. The molecular weight excluding hydrogens is 268 g/mol. The van der Waals surface area contributed by atoms with Gasteiger partial charge in [-0.05, 0) is 17.8 Å². The number of carbonyl (C=O) groups excluding carboxylic acids is 1. The number of rotatable bonds is 2. The molecule has 0 aliphatic heterocycles. The summed E-state index contributed by atoms with van der Waals surface area (Å²) >= 11 is 4.16. The molecule has 0 spiro atoms. The van der Waals surface area contributed by atoms with Crippen LogP contribution in [0.4, 0.5) is 0 Å². The average molecular weight is 294 g/mol. The molecule has 0 saturated heterocycles. The quantitative estimate of drug-likeness (QED) is 0.493. The number of hydrogen-bond donors (Lipinski definition) is 1. The Balaban J connectivity index is 3.45. The third-order valence-electron chi connectivity index (χ3n) is 3.17. The fourth-order valence-corrected chi connectivity index (χ4v) is 2.07. The van der Waals surface area contributed by atoms with E-state index in [-0.39, 0.29) is 16.8 Å². The van der Waals surface area contributed by atoms with Crippen LogP contribution in [0.3, 0.4) is 0 Å². The van der Waals surface area contributed by atoms with E-state index in [0.29, 0.717) is 5.75 Å². The van der Waals surface area contributed by atoms with Gasteiger partial charge in [-0.3, -0.25) is 4.79 Å². The molecule has 0 aliphatic carbocycles. The third-order valence-corrected chi connectivity index (χ3v) is 3.39. The van der Waals surface area contributed by atoms with Crippen LogP contribution in [0.25, 0.3) is 0 Å². The van der Waals surface area contributed by atoms with E-state index < -0.39 is 5.25 Å².